The van der Waals surface area contributed by atoms with E-state index in [9.17, 15) is 14.7 Å². The Hall–Kier alpha value is -2.34. The number of phenolic OH excluding ortho intramolecular Hbond substituents is 1. The molecule has 0 aliphatic heterocycles. The van der Waals surface area contributed by atoms with Gasteiger partial charge in [0.15, 0.2) is 0 Å². The number of nitrogens with one attached hydrogen (secondary N) is 1. The van der Waals surface area contributed by atoms with E-state index in [0.29, 0.717) is 24.0 Å². The highest BCUT2D eigenvalue weighted by Gasteiger charge is 2.10. The molecule has 0 unspecified atom stereocenters. The van der Waals surface area contributed by atoms with Crippen LogP contribution < -0.4 is 16.7 Å². The highest BCUT2D eigenvalue weighted by atomic mass is 16.4. The Bertz CT molecular complexity index is 694. The van der Waals surface area contributed by atoms with Gasteiger partial charge in [-0.2, -0.15) is 0 Å². The monoisotopic (exact) mass is 290 g/mol. The summed E-state index contributed by atoms with van der Waals surface area (Å²) in [4.78, 5) is 23.4. The average molecular weight is 290 g/mol. The molecule has 1 heterocycles. The third kappa shape index (κ3) is 4.06. The first kappa shape index (κ1) is 15.1. The van der Waals surface area contributed by atoms with E-state index in [-0.39, 0.29) is 23.7 Å². The summed E-state index contributed by atoms with van der Waals surface area (Å²) in [5, 5.41) is 12.8. The molecule has 4 N–H and O–H groups in total. The van der Waals surface area contributed by atoms with Gasteiger partial charge in [0.25, 0.3) is 0 Å². The van der Waals surface area contributed by atoms with E-state index in [1.807, 2.05) is 0 Å². The molecule has 0 radical (unpaired) electrons. The van der Waals surface area contributed by atoms with Gasteiger partial charge in [-0.25, -0.2) is 4.79 Å². The minimum atomic E-state index is -0.543. The van der Waals surface area contributed by atoms with Crippen molar-refractivity contribution in [1.29, 1.82) is 0 Å². The second-order valence-corrected chi connectivity index (χ2v) is 4.79. The fourth-order valence-electron chi connectivity index (χ4n) is 2.10. The van der Waals surface area contributed by atoms with E-state index >= 15 is 0 Å². The molecule has 21 heavy (non-hydrogen) atoms. The summed E-state index contributed by atoms with van der Waals surface area (Å²) in [7, 11) is 0. The van der Waals surface area contributed by atoms with Crippen LogP contribution in [-0.4, -0.2) is 24.1 Å². The Labute approximate surface area is 121 Å². The van der Waals surface area contributed by atoms with E-state index in [1.54, 1.807) is 6.07 Å². The van der Waals surface area contributed by atoms with Crippen LogP contribution in [0.15, 0.2) is 33.5 Å². The van der Waals surface area contributed by atoms with Crippen LogP contribution in [0.5, 0.6) is 5.75 Å². The second kappa shape index (κ2) is 6.90. The number of carbonyl (C=O) groups is 1. The fourth-order valence-corrected chi connectivity index (χ4v) is 2.10. The number of carbonyl (C=O) groups excluding carboxylic acids is 1. The van der Waals surface area contributed by atoms with Crippen LogP contribution >= 0.6 is 0 Å². The molecule has 6 heteroatoms. The number of aromatic hydroxyl groups is 1. The lowest BCUT2D eigenvalue weighted by Gasteiger charge is -2.07. The normalized spacial score (nSPS) is 10.7. The highest BCUT2D eigenvalue weighted by molar-refractivity contribution is 5.87. The molecule has 1 aromatic heterocycles. The molecule has 6 nitrogen and oxygen atoms in total. The van der Waals surface area contributed by atoms with Crippen molar-refractivity contribution >= 4 is 16.9 Å². The maximum atomic E-state index is 11.9. The number of phenols is 1. The Balaban J connectivity index is 2.14. The quantitative estimate of drug-likeness (QED) is 0.541. The second-order valence-electron chi connectivity index (χ2n) is 4.79. The standard InChI is InChI=1S/C15H18N2O4/c16-5-1-2-6-17-14(19)7-10-8-15(20)21-13-9-11(18)3-4-12(10)13/h3-4,8-9,18H,1-2,5-7,16H2,(H,17,19). The van der Waals surface area contributed by atoms with Crippen molar-refractivity contribution in [3.8, 4) is 5.75 Å². The molecule has 0 atom stereocenters. The van der Waals surface area contributed by atoms with Crippen LogP contribution in [0.1, 0.15) is 18.4 Å². The summed E-state index contributed by atoms with van der Waals surface area (Å²) < 4.78 is 5.02. The van der Waals surface area contributed by atoms with Crippen molar-refractivity contribution in [2.45, 2.75) is 19.3 Å². The summed E-state index contributed by atoms with van der Waals surface area (Å²) >= 11 is 0. The number of unbranched alkanes of at least 4 members (excludes halogenated alkanes) is 1. The van der Waals surface area contributed by atoms with Gasteiger partial charge in [0.2, 0.25) is 5.91 Å². The van der Waals surface area contributed by atoms with Crippen molar-refractivity contribution in [3.63, 3.8) is 0 Å². The first-order valence-electron chi connectivity index (χ1n) is 6.82. The van der Waals surface area contributed by atoms with Gasteiger partial charge in [0, 0.05) is 24.1 Å². The Morgan fingerprint density at radius 3 is 2.86 bits per heavy atom. The molecular formula is C15H18N2O4. The summed E-state index contributed by atoms with van der Waals surface area (Å²) in [5.74, 6) is -0.152. The van der Waals surface area contributed by atoms with E-state index in [2.05, 4.69) is 5.32 Å². The molecule has 0 spiro atoms. The lowest BCUT2D eigenvalue weighted by atomic mass is 10.1. The molecule has 0 bridgehead atoms. The number of benzene rings is 1. The molecule has 0 aliphatic carbocycles. The Morgan fingerprint density at radius 1 is 1.29 bits per heavy atom. The Morgan fingerprint density at radius 2 is 2.10 bits per heavy atom. The summed E-state index contributed by atoms with van der Waals surface area (Å²) in [5.41, 5.74) is 5.69. The Kier molecular flexibility index (Phi) is 4.94. The summed E-state index contributed by atoms with van der Waals surface area (Å²) in [6.45, 7) is 1.17. The van der Waals surface area contributed by atoms with Crippen LogP contribution in [0, 0.1) is 0 Å². The van der Waals surface area contributed by atoms with Crippen LogP contribution in [0.2, 0.25) is 0 Å². The van der Waals surface area contributed by atoms with Crippen molar-refractivity contribution in [2.24, 2.45) is 5.73 Å². The smallest absolute Gasteiger partial charge is 0.336 e. The van der Waals surface area contributed by atoms with Crippen LogP contribution in [0.4, 0.5) is 0 Å². The van der Waals surface area contributed by atoms with E-state index in [4.69, 9.17) is 10.2 Å². The summed E-state index contributed by atoms with van der Waals surface area (Å²) in [6, 6.07) is 5.79. The molecule has 2 aromatic rings. The molecule has 0 fully saturated rings. The SMILES string of the molecule is NCCCCNC(=O)Cc1cc(=O)oc2cc(O)ccc12. The number of amides is 1. The minimum absolute atomic E-state index is 0.00837. The van der Waals surface area contributed by atoms with Crippen molar-refractivity contribution < 1.29 is 14.3 Å². The number of nitrogens with two attached hydrogens (primary N) is 1. The number of fused-ring (bicyclic) bond motifs is 1. The minimum Gasteiger partial charge on any atom is -0.508 e. The van der Waals surface area contributed by atoms with E-state index in [1.165, 1.54) is 18.2 Å². The number of hydrogen-bond donors (Lipinski definition) is 3. The van der Waals surface area contributed by atoms with Crippen LogP contribution in [0.25, 0.3) is 11.0 Å². The zero-order chi connectivity index (χ0) is 15.2. The van der Waals surface area contributed by atoms with Gasteiger partial charge in [-0.3, -0.25) is 4.79 Å². The first-order valence-corrected chi connectivity index (χ1v) is 6.82. The van der Waals surface area contributed by atoms with Gasteiger partial charge in [-0.05, 0) is 37.1 Å². The molecule has 1 aromatic carbocycles. The number of rotatable bonds is 6. The van der Waals surface area contributed by atoms with Gasteiger partial charge in [0.1, 0.15) is 11.3 Å². The van der Waals surface area contributed by atoms with Crippen LogP contribution in [-0.2, 0) is 11.2 Å². The maximum Gasteiger partial charge on any atom is 0.336 e. The molecule has 2 rings (SSSR count). The predicted molar refractivity (Wildman–Crippen MR) is 79.2 cm³/mol. The van der Waals surface area contributed by atoms with Crippen molar-refractivity contribution in [2.75, 3.05) is 13.1 Å². The van der Waals surface area contributed by atoms with Gasteiger partial charge < -0.3 is 20.6 Å². The third-order valence-corrected chi connectivity index (χ3v) is 3.12. The number of hydrogen-bond acceptors (Lipinski definition) is 5. The lowest BCUT2D eigenvalue weighted by Crippen LogP contribution is -2.26. The van der Waals surface area contributed by atoms with Gasteiger partial charge in [-0.1, -0.05) is 0 Å². The van der Waals surface area contributed by atoms with Crippen molar-refractivity contribution in [1.82, 2.24) is 5.32 Å². The fraction of sp³-hybridized carbons (Fsp3) is 0.333. The van der Waals surface area contributed by atoms with Gasteiger partial charge >= 0.3 is 5.63 Å². The average Bonchev–Trinajstić information content (AvgIpc) is 2.43. The van der Waals surface area contributed by atoms with E-state index < -0.39 is 5.63 Å². The van der Waals surface area contributed by atoms with Crippen molar-refractivity contribution in [3.05, 3.63) is 40.2 Å². The summed E-state index contributed by atoms with van der Waals surface area (Å²) in [6.07, 6.45) is 1.78. The molecule has 0 saturated carbocycles. The zero-order valence-electron chi connectivity index (χ0n) is 11.6. The van der Waals surface area contributed by atoms with Gasteiger partial charge in [0.05, 0.1) is 6.42 Å². The predicted octanol–water partition coefficient (Wildman–Crippen LogP) is 0.896. The highest BCUT2D eigenvalue weighted by Crippen LogP contribution is 2.21. The van der Waals surface area contributed by atoms with Crippen LogP contribution in [0.3, 0.4) is 0 Å². The molecule has 0 aliphatic rings. The topological polar surface area (TPSA) is 106 Å². The largest absolute Gasteiger partial charge is 0.508 e. The molecular weight excluding hydrogens is 272 g/mol. The molecule has 112 valence electrons. The molecule has 1 amide bonds. The first-order chi connectivity index (χ1) is 10.1. The third-order valence-electron chi connectivity index (χ3n) is 3.12. The zero-order valence-corrected chi connectivity index (χ0v) is 11.6. The van der Waals surface area contributed by atoms with Gasteiger partial charge in [-0.15, -0.1) is 0 Å². The lowest BCUT2D eigenvalue weighted by molar-refractivity contribution is -0.120. The van der Waals surface area contributed by atoms with E-state index in [0.717, 1.165) is 12.8 Å². The molecule has 0 saturated heterocycles. The maximum absolute atomic E-state index is 11.9.